The molecule has 2 unspecified atom stereocenters. The first-order valence-corrected chi connectivity index (χ1v) is 10.7. The summed E-state index contributed by atoms with van der Waals surface area (Å²) in [6, 6.07) is 1.74. The Kier molecular flexibility index (Phi) is 6.18. The number of aliphatic imine (C=N–C) groups is 1. The molecular formula is C17H34N4O2S. The highest BCUT2D eigenvalue weighted by Crippen LogP contribution is 2.32. The van der Waals surface area contributed by atoms with E-state index in [-0.39, 0.29) is 5.75 Å². The molecule has 2 heterocycles. The summed E-state index contributed by atoms with van der Waals surface area (Å²) in [5, 5.41) is 6.67. The Morgan fingerprint density at radius 1 is 1.21 bits per heavy atom. The Balaban J connectivity index is 1.83. The first kappa shape index (κ1) is 19.5. The molecule has 2 rings (SSSR count). The second-order valence-corrected chi connectivity index (χ2v) is 11.0. The molecule has 0 aromatic rings. The number of piperidine rings is 2. The maximum absolute atomic E-state index is 12.2. The lowest BCUT2D eigenvalue weighted by molar-refractivity contribution is 0.0526. The highest BCUT2D eigenvalue weighted by molar-refractivity contribution is 7.92. The van der Waals surface area contributed by atoms with Crippen LogP contribution in [0.15, 0.2) is 4.99 Å². The molecule has 2 bridgehead atoms. The highest BCUT2D eigenvalue weighted by atomic mass is 32.2. The number of rotatable bonds is 4. The summed E-state index contributed by atoms with van der Waals surface area (Å²) in [7, 11) is 0.878. The van der Waals surface area contributed by atoms with Crippen LogP contribution in [0.5, 0.6) is 0 Å². The van der Waals surface area contributed by atoms with Crippen molar-refractivity contribution in [1.29, 1.82) is 0 Å². The zero-order valence-electron chi connectivity index (χ0n) is 15.8. The topological polar surface area (TPSA) is 73.8 Å². The third-order valence-corrected chi connectivity index (χ3v) is 8.11. The normalized spacial score (nSPS) is 29.4. The molecule has 0 radical (unpaired) electrons. The summed E-state index contributed by atoms with van der Waals surface area (Å²) in [5.41, 5.74) is 0. The van der Waals surface area contributed by atoms with E-state index >= 15 is 0 Å². The first-order chi connectivity index (χ1) is 11.1. The molecule has 2 fully saturated rings. The number of hydrogen-bond donors (Lipinski definition) is 2. The predicted molar refractivity (Wildman–Crippen MR) is 100 cm³/mol. The SMILES string of the molecule is CN=C(NCCS(=O)(=O)C(C)(C)C)NC1CC2CCCC(C1)N2C. The van der Waals surface area contributed by atoms with Crippen LogP contribution in [0.25, 0.3) is 0 Å². The molecule has 0 saturated carbocycles. The van der Waals surface area contributed by atoms with Gasteiger partial charge in [0.05, 0.1) is 10.5 Å². The minimum atomic E-state index is -3.11. The minimum absolute atomic E-state index is 0.121. The van der Waals surface area contributed by atoms with E-state index < -0.39 is 14.6 Å². The standard InChI is InChI=1S/C17H34N4O2S/c1-17(2,3)24(22,23)10-9-19-16(18-4)20-13-11-14-7-6-8-15(12-13)21(14)5/h13-15H,6-12H2,1-5H3,(H2,18,19,20). The zero-order chi connectivity index (χ0) is 18.0. The Bertz CT molecular complexity index is 539. The van der Waals surface area contributed by atoms with Crippen LogP contribution >= 0.6 is 0 Å². The van der Waals surface area contributed by atoms with Gasteiger partial charge in [0.2, 0.25) is 0 Å². The van der Waals surface area contributed by atoms with Crippen LogP contribution in [0, 0.1) is 0 Å². The van der Waals surface area contributed by atoms with Crippen molar-refractivity contribution >= 4 is 15.8 Å². The molecular weight excluding hydrogens is 324 g/mol. The van der Waals surface area contributed by atoms with Crippen molar-refractivity contribution < 1.29 is 8.42 Å². The van der Waals surface area contributed by atoms with Crippen LogP contribution in [-0.2, 0) is 9.84 Å². The maximum Gasteiger partial charge on any atom is 0.191 e. The molecule has 6 nitrogen and oxygen atoms in total. The van der Waals surface area contributed by atoms with Crippen molar-refractivity contribution in [2.24, 2.45) is 4.99 Å². The van der Waals surface area contributed by atoms with Crippen LogP contribution in [-0.4, -0.2) is 68.5 Å². The molecule has 0 spiro atoms. The molecule has 0 aromatic carbocycles. The van der Waals surface area contributed by atoms with Crippen LogP contribution in [0.1, 0.15) is 52.9 Å². The second kappa shape index (κ2) is 7.60. The maximum atomic E-state index is 12.2. The fraction of sp³-hybridized carbons (Fsp3) is 0.941. The van der Waals surface area contributed by atoms with Gasteiger partial charge in [-0.15, -0.1) is 0 Å². The van der Waals surface area contributed by atoms with Gasteiger partial charge < -0.3 is 15.5 Å². The average molecular weight is 359 g/mol. The van der Waals surface area contributed by atoms with Crippen LogP contribution in [0.2, 0.25) is 0 Å². The Labute approximate surface area is 147 Å². The van der Waals surface area contributed by atoms with Crippen LogP contribution in [0.4, 0.5) is 0 Å². The van der Waals surface area contributed by atoms with E-state index in [0.29, 0.717) is 30.6 Å². The number of fused-ring (bicyclic) bond motifs is 2. The monoisotopic (exact) mass is 358 g/mol. The molecule has 2 saturated heterocycles. The molecule has 2 N–H and O–H groups in total. The van der Waals surface area contributed by atoms with Crippen molar-refractivity contribution in [2.45, 2.75) is 75.7 Å². The van der Waals surface area contributed by atoms with Gasteiger partial charge in [0.15, 0.2) is 15.8 Å². The lowest BCUT2D eigenvalue weighted by Crippen LogP contribution is -2.56. The fourth-order valence-electron chi connectivity index (χ4n) is 3.73. The summed E-state index contributed by atoms with van der Waals surface area (Å²) in [4.78, 5) is 6.80. The predicted octanol–water partition coefficient (Wildman–Crippen LogP) is 1.38. The number of hydrogen-bond acceptors (Lipinski definition) is 4. The van der Waals surface area contributed by atoms with Crippen molar-refractivity contribution in [3.05, 3.63) is 0 Å². The molecule has 2 atom stereocenters. The largest absolute Gasteiger partial charge is 0.355 e. The minimum Gasteiger partial charge on any atom is -0.355 e. The van der Waals surface area contributed by atoms with Gasteiger partial charge in [-0.3, -0.25) is 4.99 Å². The van der Waals surface area contributed by atoms with Gasteiger partial charge in [0, 0.05) is 31.7 Å². The lowest BCUT2D eigenvalue weighted by Gasteiger charge is -2.47. The van der Waals surface area contributed by atoms with Crippen molar-refractivity contribution in [3.63, 3.8) is 0 Å². The Morgan fingerprint density at radius 3 is 2.29 bits per heavy atom. The van der Waals surface area contributed by atoms with Gasteiger partial charge in [-0.05, 0) is 53.5 Å². The van der Waals surface area contributed by atoms with Crippen LogP contribution < -0.4 is 10.6 Å². The Hall–Kier alpha value is -0.820. The summed E-state index contributed by atoms with van der Waals surface area (Å²) < 4.78 is 23.6. The molecule has 140 valence electrons. The lowest BCUT2D eigenvalue weighted by atomic mass is 9.82. The molecule has 2 aliphatic rings. The first-order valence-electron chi connectivity index (χ1n) is 9.05. The smallest absolute Gasteiger partial charge is 0.191 e. The number of guanidine groups is 1. The molecule has 2 aliphatic heterocycles. The molecule has 0 amide bonds. The van der Waals surface area contributed by atoms with Gasteiger partial charge >= 0.3 is 0 Å². The second-order valence-electron chi connectivity index (χ2n) is 8.15. The van der Waals surface area contributed by atoms with E-state index in [1.807, 2.05) is 0 Å². The van der Waals surface area contributed by atoms with Crippen molar-refractivity contribution in [1.82, 2.24) is 15.5 Å². The van der Waals surface area contributed by atoms with E-state index in [1.54, 1.807) is 27.8 Å². The molecule has 0 aliphatic carbocycles. The molecule has 7 heteroatoms. The zero-order valence-corrected chi connectivity index (χ0v) is 16.6. The van der Waals surface area contributed by atoms with Gasteiger partial charge in [-0.2, -0.15) is 0 Å². The average Bonchev–Trinajstić information content (AvgIpc) is 2.45. The molecule has 24 heavy (non-hydrogen) atoms. The summed E-state index contributed by atoms with van der Waals surface area (Å²) in [6.07, 6.45) is 6.16. The summed E-state index contributed by atoms with van der Waals surface area (Å²) in [6.45, 7) is 5.62. The third kappa shape index (κ3) is 4.63. The summed E-state index contributed by atoms with van der Waals surface area (Å²) in [5.74, 6) is 0.835. The number of sulfone groups is 1. The van der Waals surface area contributed by atoms with E-state index in [4.69, 9.17) is 0 Å². The van der Waals surface area contributed by atoms with Crippen LogP contribution in [0.3, 0.4) is 0 Å². The highest BCUT2D eigenvalue weighted by Gasteiger charge is 2.36. The van der Waals surface area contributed by atoms with Gasteiger partial charge in [0.1, 0.15) is 0 Å². The number of nitrogens with zero attached hydrogens (tertiary/aromatic N) is 2. The molecule has 0 aromatic heterocycles. The van der Waals surface area contributed by atoms with E-state index in [2.05, 4.69) is 27.6 Å². The van der Waals surface area contributed by atoms with Gasteiger partial charge in [0.25, 0.3) is 0 Å². The quantitative estimate of drug-likeness (QED) is 0.587. The fourth-order valence-corrected chi connectivity index (χ4v) is 4.71. The Morgan fingerprint density at radius 2 is 1.79 bits per heavy atom. The van der Waals surface area contributed by atoms with Gasteiger partial charge in [-0.25, -0.2) is 8.42 Å². The number of nitrogens with one attached hydrogen (secondary N) is 2. The van der Waals surface area contributed by atoms with E-state index in [9.17, 15) is 8.42 Å². The van der Waals surface area contributed by atoms with E-state index in [0.717, 1.165) is 12.8 Å². The third-order valence-electron chi connectivity index (χ3n) is 5.50. The van der Waals surface area contributed by atoms with E-state index in [1.165, 1.54) is 19.3 Å². The van der Waals surface area contributed by atoms with Crippen molar-refractivity contribution in [2.75, 3.05) is 26.4 Å². The van der Waals surface area contributed by atoms with Gasteiger partial charge in [-0.1, -0.05) is 6.42 Å². The van der Waals surface area contributed by atoms with Crippen molar-refractivity contribution in [3.8, 4) is 0 Å². The summed E-state index contributed by atoms with van der Waals surface area (Å²) >= 11 is 0.